The standard InChI is InChI=1S/C10H20O2/c1-12-7-3-2-4-9-5-6-10(11)8-9/h9-11H,2-8H2,1H3. The third-order valence-corrected chi connectivity index (χ3v) is 2.72. The first-order valence-electron chi connectivity index (χ1n) is 5.00. The van der Waals surface area contributed by atoms with Gasteiger partial charge < -0.3 is 9.84 Å². The summed E-state index contributed by atoms with van der Waals surface area (Å²) in [6, 6.07) is 0. The molecule has 0 aromatic rings. The molecule has 2 atom stereocenters. The van der Waals surface area contributed by atoms with Gasteiger partial charge in [0.25, 0.3) is 0 Å². The van der Waals surface area contributed by atoms with Gasteiger partial charge in [-0.1, -0.05) is 12.8 Å². The largest absolute Gasteiger partial charge is 0.393 e. The molecule has 1 rings (SSSR count). The van der Waals surface area contributed by atoms with Crippen LogP contribution in [0.4, 0.5) is 0 Å². The van der Waals surface area contributed by atoms with Crippen molar-refractivity contribution in [1.29, 1.82) is 0 Å². The second-order valence-electron chi connectivity index (χ2n) is 3.82. The van der Waals surface area contributed by atoms with Crippen LogP contribution in [0.5, 0.6) is 0 Å². The maximum absolute atomic E-state index is 9.28. The molecule has 12 heavy (non-hydrogen) atoms. The highest BCUT2D eigenvalue weighted by atomic mass is 16.5. The molecule has 0 radical (unpaired) electrons. The number of aliphatic hydroxyl groups excluding tert-OH is 1. The van der Waals surface area contributed by atoms with Crippen molar-refractivity contribution in [2.45, 2.75) is 44.6 Å². The molecule has 1 aliphatic rings. The van der Waals surface area contributed by atoms with Gasteiger partial charge in [0.2, 0.25) is 0 Å². The summed E-state index contributed by atoms with van der Waals surface area (Å²) in [4.78, 5) is 0. The molecule has 1 N–H and O–H groups in total. The van der Waals surface area contributed by atoms with Gasteiger partial charge in [0, 0.05) is 13.7 Å². The summed E-state index contributed by atoms with van der Waals surface area (Å²) in [6.45, 7) is 0.884. The van der Waals surface area contributed by atoms with E-state index in [9.17, 15) is 5.11 Å². The number of aliphatic hydroxyl groups is 1. The Balaban J connectivity index is 1.93. The molecule has 2 nitrogen and oxygen atoms in total. The molecule has 0 aliphatic heterocycles. The molecule has 0 amide bonds. The summed E-state index contributed by atoms with van der Waals surface area (Å²) in [7, 11) is 1.75. The van der Waals surface area contributed by atoms with Gasteiger partial charge in [0.1, 0.15) is 0 Å². The van der Waals surface area contributed by atoms with Gasteiger partial charge in [-0.25, -0.2) is 0 Å². The SMILES string of the molecule is COCCCCC1CCC(O)C1. The van der Waals surface area contributed by atoms with Crippen LogP contribution in [0.15, 0.2) is 0 Å². The quantitative estimate of drug-likeness (QED) is 0.642. The molecular weight excluding hydrogens is 152 g/mol. The van der Waals surface area contributed by atoms with Crippen molar-refractivity contribution in [3.63, 3.8) is 0 Å². The van der Waals surface area contributed by atoms with Gasteiger partial charge >= 0.3 is 0 Å². The third kappa shape index (κ3) is 3.55. The number of rotatable bonds is 5. The van der Waals surface area contributed by atoms with Crippen LogP contribution in [0, 0.1) is 5.92 Å². The normalized spacial score (nSPS) is 29.5. The van der Waals surface area contributed by atoms with E-state index in [0.717, 1.165) is 25.4 Å². The summed E-state index contributed by atoms with van der Waals surface area (Å²) in [6.07, 6.45) is 6.99. The van der Waals surface area contributed by atoms with Crippen LogP contribution in [0.2, 0.25) is 0 Å². The van der Waals surface area contributed by atoms with E-state index < -0.39 is 0 Å². The van der Waals surface area contributed by atoms with Crippen molar-refractivity contribution in [3.05, 3.63) is 0 Å². The van der Waals surface area contributed by atoms with E-state index in [0.29, 0.717) is 0 Å². The lowest BCUT2D eigenvalue weighted by molar-refractivity contribution is 0.174. The maximum Gasteiger partial charge on any atom is 0.0543 e. The first-order chi connectivity index (χ1) is 5.83. The highest BCUT2D eigenvalue weighted by Crippen LogP contribution is 2.29. The Labute approximate surface area is 74.9 Å². The average molecular weight is 172 g/mol. The highest BCUT2D eigenvalue weighted by molar-refractivity contribution is 4.74. The van der Waals surface area contributed by atoms with Crippen LogP contribution in [0.1, 0.15) is 38.5 Å². The van der Waals surface area contributed by atoms with E-state index >= 15 is 0 Å². The molecule has 0 saturated heterocycles. The average Bonchev–Trinajstić information content (AvgIpc) is 2.45. The minimum absolute atomic E-state index is 0.00238. The van der Waals surface area contributed by atoms with E-state index in [4.69, 9.17) is 4.74 Å². The molecule has 0 spiro atoms. The molecular formula is C10H20O2. The minimum Gasteiger partial charge on any atom is -0.393 e. The monoisotopic (exact) mass is 172 g/mol. The molecule has 0 aromatic carbocycles. The molecule has 0 bridgehead atoms. The zero-order valence-corrected chi connectivity index (χ0v) is 7.96. The summed E-state index contributed by atoms with van der Waals surface area (Å²) in [5.74, 6) is 0.789. The van der Waals surface area contributed by atoms with Crippen LogP contribution in [0.3, 0.4) is 0 Å². The third-order valence-electron chi connectivity index (χ3n) is 2.72. The van der Waals surface area contributed by atoms with Crippen molar-refractivity contribution in [1.82, 2.24) is 0 Å². The summed E-state index contributed by atoms with van der Waals surface area (Å²) in [5, 5.41) is 9.28. The van der Waals surface area contributed by atoms with Gasteiger partial charge in [0.05, 0.1) is 6.10 Å². The summed E-state index contributed by atoms with van der Waals surface area (Å²) < 4.78 is 4.98. The van der Waals surface area contributed by atoms with Gasteiger partial charge in [0.15, 0.2) is 0 Å². The van der Waals surface area contributed by atoms with Gasteiger partial charge in [-0.05, 0) is 31.6 Å². The van der Waals surface area contributed by atoms with E-state index in [-0.39, 0.29) is 6.10 Å². The summed E-state index contributed by atoms with van der Waals surface area (Å²) >= 11 is 0. The lowest BCUT2D eigenvalue weighted by Crippen LogP contribution is -2.00. The second kappa shape index (κ2) is 5.55. The topological polar surface area (TPSA) is 29.5 Å². The van der Waals surface area contributed by atoms with E-state index in [1.165, 1.54) is 25.7 Å². The molecule has 0 heterocycles. The molecule has 72 valence electrons. The van der Waals surface area contributed by atoms with Crippen molar-refractivity contribution < 1.29 is 9.84 Å². The summed E-state index contributed by atoms with van der Waals surface area (Å²) in [5.41, 5.74) is 0. The van der Waals surface area contributed by atoms with Gasteiger partial charge in [-0.15, -0.1) is 0 Å². The molecule has 2 heteroatoms. The van der Waals surface area contributed by atoms with E-state index in [1.807, 2.05) is 0 Å². The first kappa shape index (κ1) is 10.0. The fourth-order valence-corrected chi connectivity index (χ4v) is 1.99. The number of ether oxygens (including phenoxy) is 1. The lowest BCUT2D eigenvalue weighted by Gasteiger charge is -2.07. The maximum atomic E-state index is 9.28. The Kier molecular flexibility index (Phi) is 4.62. The number of hydrogen-bond donors (Lipinski definition) is 1. The van der Waals surface area contributed by atoms with Crippen LogP contribution < -0.4 is 0 Å². The molecule has 1 aliphatic carbocycles. The Morgan fingerprint density at radius 2 is 2.17 bits per heavy atom. The molecule has 1 fully saturated rings. The van der Waals surface area contributed by atoms with Crippen molar-refractivity contribution >= 4 is 0 Å². The van der Waals surface area contributed by atoms with Crippen LogP contribution in [-0.4, -0.2) is 24.9 Å². The van der Waals surface area contributed by atoms with Crippen LogP contribution in [0.25, 0.3) is 0 Å². The molecule has 0 aromatic heterocycles. The Morgan fingerprint density at radius 1 is 1.33 bits per heavy atom. The van der Waals surface area contributed by atoms with Crippen molar-refractivity contribution in [3.8, 4) is 0 Å². The Bertz CT molecular complexity index is 114. The molecule has 2 unspecified atom stereocenters. The van der Waals surface area contributed by atoms with Crippen molar-refractivity contribution in [2.24, 2.45) is 5.92 Å². The fraction of sp³-hybridized carbons (Fsp3) is 1.00. The van der Waals surface area contributed by atoms with E-state index in [2.05, 4.69) is 0 Å². The zero-order chi connectivity index (χ0) is 8.81. The van der Waals surface area contributed by atoms with Crippen molar-refractivity contribution in [2.75, 3.05) is 13.7 Å². The number of unbranched alkanes of at least 4 members (excludes halogenated alkanes) is 1. The van der Waals surface area contributed by atoms with Gasteiger partial charge in [-0.3, -0.25) is 0 Å². The predicted molar refractivity (Wildman–Crippen MR) is 49.1 cm³/mol. The number of methoxy groups -OCH3 is 1. The highest BCUT2D eigenvalue weighted by Gasteiger charge is 2.21. The fourth-order valence-electron chi connectivity index (χ4n) is 1.99. The zero-order valence-electron chi connectivity index (χ0n) is 7.96. The molecule has 1 saturated carbocycles. The predicted octanol–water partition coefficient (Wildman–Crippen LogP) is 1.96. The Hall–Kier alpha value is -0.0800. The number of hydrogen-bond acceptors (Lipinski definition) is 2. The Morgan fingerprint density at radius 3 is 2.75 bits per heavy atom. The van der Waals surface area contributed by atoms with Gasteiger partial charge in [-0.2, -0.15) is 0 Å². The van der Waals surface area contributed by atoms with E-state index in [1.54, 1.807) is 7.11 Å². The second-order valence-corrected chi connectivity index (χ2v) is 3.82. The smallest absolute Gasteiger partial charge is 0.0543 e. The van der Waals surface area contributed by atoms with Crippen LogP contribution in [-0.2, 0) is 4.74 Å². The first-order valence-corrected chi connectivity index (χ1v) is 5.00. The van der Waals surface area contributed by atoms with Crippen LogP contribution >= 0.6 is 0 Å². The minimum atomic E-state index is -0.00238. The lowest BCUT2D eigenvalue weighted by atomic mass is 10.0.